The van der Waals surface area contributed by atoms with E-state index in [0.717, 1.165) is 0 Å². The smallest absolute Gasteiger partial charge is 0.00139 e. The Morgan fingerprint density at radius 2 is 0.706 bits per heavy atom. The second-order valence-electron chi connectivity index (χ2n) is 8.89. The Morgan fingerprint density at radius 1 is 0.324 bits per heavy atom. The average Bonchev–Trinajstić information content (AvgIpc) is 3.24. The second-order valence-corrected chi connectivity index (χ2v) is 8.89. The summed E-state index contributed by atoms with van der Waals surface area (Å²) in [5.41, 5.74) is 10.4. The van der Waals surface area contributed by atoms with Crippen LogP contribution in [0.3, 0.4) is 0 Å². The van der Waals surface area contributed by atoms with Crippen molar-refractivity contribution in [2.45, 2.75) is 0 Å². The van der Waals surface area contributed by atoms with Crippen molar-refractivity contribution in [3.05, 3.63) is 156 Å². The van der Waals surface area contributed by atoms with E-state index in [-0.39, 0.29) is 0 Å². The molecule has 0 aromatic heterocycles. The summed E-state index contributed by atoms with van der Waals surface area (Å²) in [6.07, 6.45) is 0. The van der Waals surface area contributed by atoms with Gasteiger partial charge in [-0.25, -0.2) is 0 Å². The first-order chi connectivity index (χ1) is 16.9. The summed E-state index contributed by atoms with van der Waals surface area (Å²) < 4.78 is 0. The van der Waals surface area contributed by atoms with Gasteiger partial charge in [-0.05, 0) is 66.1 Å². The minimum Gasteiger partial charge on any atom is -0.0616 e. The fourth-order valence-corrected chi connectivity index (χ4v) is 5.59. The summed E-state index contributed by atoms with van der Waals surface area (Å²) >= 11 is 0. The van der Waals surface area contributed by atoms with Gasteiger partial charge in [-0.15, -0.1) is 0 Å². The maximum atomic E-state index is 2.29. The molecule has 0 heteroatoms. The van der Waals surface area contributed by atoms with Crippen LogP contribution in [0.5, 0.6) is 0 Å². The molecule has 1 aliphatic rings. The van der Waals surface area contributed by atoms with Crippen molar-refractivity contribution in [3.63, 3.8) is 0 Å². The molecular weight excluding hydrogens is 408 g/mol. The van der Waals surface area contributed by atoms with E-state index in [4.69, 9.17) is 0 Å². The number of fused-ring (bicyclic) bond motifs is 5. The molecule has 6 aromatic rings. The van der Waals surface area contributed by atoms with Crippen LogP contribution in [-0.4, -0.2) is 0 Å². The second kappa shape index (κ2) is 7.57. The Bertz CT molecular complexity index is 1610. The van der Waals surface area contributed by atoms with Crippen LogP contribution in [0.25, 0.3) is 43.8 Å². The molecule has 158 valence electrons. The summed E-state index contributed by atoms with van der Waals surface area (Å²) in [7, 11) is 0. The van der Waals surface area contributed by atoms with Crippen molar-refractivity contribution < 1.29 is 0 Å². The first kappa shape index (κ1) is 19.1. The van der Waals surface area contributed by atoms with Crippen LogP contribution >= 0.6 is 0 Å². The maximum absolute atomic E-state index is 2.29. The van der Waals surface area contributed by atoms with E-state index in [1.54, 1.807) is 0 Å². The van der Waals surface area contributed by atoms with Crippen molar-refractivity contribution >= 4 is 32.7 Å². The number of hydrogen-bond acceptors (Lipinski definition) is 0. The van der Waals surface area contributed by atoms with Gasteiger partial charge in [0.2, 0.25) is 0 Å². The van der Waals surface area contributed by atoms with Gasteiger partial charge in [0.25, 0.3) is 0 Å². The van der Waals surface area contributed by atoms with Crippen molar-refractivity contribution in [2.24, 2.45) is 0 Å². The lowest BCUT2D eigenvalue weighted by atomic mass is 9.84. The molecule has 0 saturated heterocycles. The van der Waals surface area contributed by atoms with E-state index >= 15 is 0 Å². The highest BCUT2D eigenvalue weighted by Gasteiger charge is 2.27. The molecule has 0 bridgehead atoms. The zero-order valence-corrected chi connectivity index (χ0v) is 18.7. The predicted octanol–water partition coefficient (Wildman–Crippen LogP) is 8.98. The van der Waals surface area contributed by atoms with Gasteiger partial charge in [0.15, 0.2) is 0 Å². The summed E-state index contributed by atoms with van der Waals surface area (Å²) in [5.74, 6) is 0. The molecule has 0 atom stereocenters. The minimum absolute atomic E-state index is 1.26. The SMILES string of the molecule is c1ccc2c(c1)C(=C(c1cccc3ccccc13)c1cccc3ccccc13)c1ccccc1-2. The molecule has 0 amide bonds. The molecule has 0 N–H and O–H groups in total. The standard InChI is InChI=1S/C34H22/c1-3-15-25-23(11-1)13-9-21-29(25)33(30-22-10-14-24-12-2-4-16-26(24)30)34-31-19-7-5-17-27(31)28-18-6-8-20-32(28)34/h1-22H. The van der Waals surface area contributed by atoms with Gasteiger partial charge in [0.1, 0.15) is 0 Å². The van der Waals surface area contributed by atoms with Crippen molar-refractivity contribution in [1.29, 1.82) is 0 Å². The van der Waals surface area contributed by atoms with E-state index in [1.807, 2.05) is 0 Å². The lowest BCUT2D eigenvalue weighted by molar-refractivity contribution is 1.59. The van der Waals surface area contributed by atoms with E-state index in [0.29, 0.717) is 0 Å². The number of rotatable bonds is 2. The fourth-order valence-electron chi connectivity index (χ4n) is 5.59. The van der Waals surface area contributed by atoms with E-state index in [1.165, 1.54) is 66.1 Å². The van der Waals surface area contributed by atoms with Crippen LogP contribution in [0, 0.1) is 0 Å². The molecule has 0 radical (unpaired) electrons. The van der Waals surface area contributed by atoms with Crippen LogP contribution in [0.4, 0.5) is 0 Å². The summed E-state index contributed by atoms with van der Waals surface area (Å²) in [4.78, 5) is 0. The molecular formula is C34H22. The lowest BCUT2D eigenvalue weighted by Crippen LogP contribution is -1.97. The average molecular weight is 431 g/mol. The van der Waals surface area contributed by atoms with Crippen LogP contribution < -0.4 is 0 Å². The third-order valence-corrected chi connectivity index (χ3v) is 7.05. The predicted molar refractivity (Wildman–Crippen MR) is 145 cm³/mol. The molecule has 7 rings (SSSR count). The third kappa shape index (κ3) is 2.79. The molecule has 0 nitrogen and oxygen atoms in total. The summed E-state index contributed by atoms with van der Waals surface area (Å²) in [5, 5.41) is 5.08. The molecule has 0 saturated carbocycles. The fraction of sp³-hybridized carbons (Fsp3) is 0. The zero-order chi connectivity index (χ0) is 22.5. The van der Waals surface area contributed by atoms with Crippen molar-refractivity contribution in [2.75, 3.05) is 0 Å². The van der Waals surface area contributed by atoms with Crippen LogP contribution in [0.15, 0.2) is 133 Å². The Morgan fingerprint density at radius 3 is 1.21 bits per heavy atom. The Hall–Kier alpha value is -4.42. The molecule has 6 aromatic carbocycles. The van der Waals surface area contributed by atoms with Gasteiger partial charge in [0.05, 0.1) is 0 Å². The topological polar surface area (TPSA) is 0 Å². The minimum atomic E-state index is 1.26. The van der Waals surface area contributed by atoms with Crippen molar-refractivity contribution in [1.82, 2.24) is 0 Å². The van der Waals surface area contributed by atoms with Gasteiger partial charge in [0, 0.05) is 0 Å². The van der Waals surface area contributed by atoms with Gasteiger partial charge in [-0.1, -0.05) is 133 Å². The molecule has 0 spiro atoms. The van der Waals surface area contributed by atoms with Crippen LogP contribution in [0.2, 0.25) is 0 Å². The molecule has 0 fully saturated rings. The van der Waals surface area contributed by atoms with E-state index in [9.17, 15) is 0 Å². The maximum Gasteiger partial charge on any atom is -0.00139 e. The highest BCUT2D eigenvalue weighted by Crippen LogP contribution is 2.50. The normalized spacial score (nSPS) is 12.1. The number of benzene rings is 6. The first-order valence-corrected chi connectivity index (χ1v) is 11.8. The van der Waals surface area contributed by atoms with Gasteiger partial charge in [-0.3, -0.25) is 0 Å². The Kier molecular flexibility index (Phi) is 4.25. The third-order valence-electron chi connectivity index (χ3n) is 7.05. The zero-order valence-electron chi connectivity index (χ0n) is 18.7. The largest absolute Gasteiger partial charge is 0.0616 e. The van der Waals surface area contributed by atoms with Crippen LogP contribution in [0.1, 0.15) is 22.3 Å². The van der Waals surface area contributed by atoms with Crippen LogP contribution in [-0.2, 0) is 0 Å². The Labute approximate surface area is 199 Å². The highest BCUT2D eigenvalue weighted by atomic mass is 14.3. The summed E-state index contributed by atoms with van der Waals surface area (Å²) in [6, 6.07) is 48.5. The van der Waals surface area contributed by atoms with E-state index < -0.39 is 0 Å². The van der Waals surface area contributed by atoms with Gasteiger partial charge >= 0.3 is 0 Å². The quantitative estimate of drug-likeness (QED) is 0.257. The lowest BCUT2D eigenvalue weighted by Gasteiger charge is -2.19. The Balaban J connectivity index is 1.71. The molecule has 0 aliphatic heterocycles. The first-order valence-electron chi connectivity index (χ1n) is 11.8. The summed E-state index contributed by atoms with van der Waals surface area (Å²) in [6.45, 7) is 0. The van der Waals surface area contributed by atoms with E-state index in [2.05, 4.69) is 133 Å². The molecule has 0 unspecified atom stereocenters. The van der Waals surface area contributed by atoms with Gasteiger partial charge < -0.3 is 0 Å². The number of hydrogen-bond donors (Lipinski definition) is 0. The highest BCUT2D eigenvalue weighted by molar-refractivity contribution is 6.18. The van der Waals surface area contributed by atoms with Crippen molar-refractivity contribution in [3.8, 4) is 11.1 Å². The monoisotopic (exact) mass is 430 g/mol. The van der Waals surface area contributed by atoms with Gasteiger partial charge in [-0.2, -0.15) is 0 Å². The molecule has 1 aliphatic carbocycles. The molecule has 0 heterocycles. The molecule has 34 heavy (non-hydrogen) atoms.